The van der Waals surface area contributed by atoms with Gasteiger partial charge in [0.15, 0.2) is 0 Å². The predicted octanol–water partition coefficient (Wildman–Crippen LogP) is 3.36. The van der Waals surface area contributed by atoms with Gasteiger partial charge < -0.3 is 27.4 Å². The van der Waals surface area contributed by atoms with Crippen molar-refractivity contribution in [3.05, 3.63) is 66.0 Å². The number of halogens is 1. The lowest BCUT2D eigenvalue weighted by Gasteiger charge is -2.28. The Bertz CT molecular complexity index is 816. The molecule has 1 saturated heterocycles. The molecule has 1 fully saturated rings. The molecule has 0 saturated carbocycles. The SMILES string of the molecule is N.N/C(=C\Nc1ccc(N2CCSCC2)c(F)c1)CNC(=S)c1ccccn1.[HH]. The fraction of sp³-hybridized carbons (Fsp3) is 0.263. The molecule has 1 aliphatic heterocycles. The Morgan fingerprint density at radius 2 is 2.11 bits per heavy atom. The van der Waals surface area contributed by atoms with Crippen molar-refractivity contribution >= 4 is 40.3 Å². The minimum Gasteiger partial charge on any atom is -0.399 e. The molecule has 0 aliphatic carbocycles. The Balaban J connectivity index is 0.00000210. The number of hydrogen-bond donors (Lipinski definition) is 4. The van der Waals surface area contributed by atoms with Gasteiger partial charge in [-0.15, -0.1) is 0 Å². The van der Waals surface area contributed by atoms with Gasteiger partial charge in [-0.25, -0.2) is 4.39 Å². The van der Waals surface area contributed by atoms with Gasteiger partial charge in [0, 0.05) is 49.8 Å². The average molecular weight is 423 g/mol. The molecule has 3 rings (SSSR count). The standard InChI is InChI=1S/C19H22FN5S2.H3N.H2/c20-16-11-15(4-5-18(16)25-7-9-27-10-8-25)23-12-14(21)13-24-19(26)17-3-1-2-6-22-17;;/h1-6,11-12,23H,7-10,13,21H2,(H,24,26);1H3;1H/b14-12-;;. The number of hydrogen-bond acceptors (Lipinski definition) is 7. The van der Waals surface area contributed by atoms with E-state index >= 15 is 0 Å². The van der Waals surface area contributed by atoms with Gasteiger partial charge in [0.2, 0.25) is 0 Å². The molecule has 152 valence electrons. The number of benzene rings is 1. The number of aromatic nitrogens is 1. The van der Waals surface area contributed by atoms with E-state index in [2.05, 4.69) is 20.5 Å². The smallest absolute Gasteiger partial charge is 0.148 e. The van der Waals surface area contributed by atoms with Crippen LogP contribution < -0.4 is 27.4 Å². The normalized spacial score (nSPS) is 14.2. The Labute approximate surface area is 175 Å². The van der Waals surface area contributed by atoms with Crippen molar-refractivity contribution in [1.82, 2.24) is 16.5 Å². The summed E-state index contributed by atoms with van der Waals surface area (Å²) in [6.07, 6.45) is 3.32. The minimum atomic E-state index is -0.228. The maximum Gasteiger partial charge on any atom is 0.148 e. The second kappa shape index (κ2) is 10.8. The van der Waals surface area contributed by atoms with Gasteiger partial charge in [0.1, 0.15) is 10.8 Å². The van der Waals surface area contributed by atoms with Gasteiger partial charge in [-0.05, 0) is 30.3 Å². The fourth-order valence-corrected chi connectivity index (χ4v) is 3.75. The predicted molar refractivity (Wildman–Crippen MR) is 123 cm³/mol. The highest BCUT2D eigenvalue weighted by atomic mass is 32.2. The molecule has 0 radical (unpaired) electrons. The molecule has 6 nitrogen and oxygen atoms in total. The van der Waals surface area contributed by atoms with Crippen molar-refractivity contribution in [3.8, 4) is 0 Å². The molecule has 2 aromatic rings. The van der Waals surface area contributed by atoms with Crippen LogP contribution in [0.1, 0.15) is 7.12 Å². The van der Waals surface area contributed by atoms with Crippen LogP contribution in [0, 0.1) is 5.82 Å². The van der Waals surface area contributed by atoms with Gasteiger partial charge in [-0.2, -0.15) is 11.8 Å². The van der Waals surface area contributed by atoms with Gasteiger partial charge in [0.25, 0.3) is 0 Å². The van der Waals surface area contributed by atoms with Crippen molar-refractivity contribution in [2.45, 2.75) is 0 Å². The maximum absolute atomic E-state index is 14.4. The van der Waals surface area contributed by atoms with Gasteiger partial charge in [-0.1, -0.05) is 18.3 Å². The van der Waals surface area contributed by atoms with E-state index in [1.807, 2.05) is 42.1 Å². The number of nitrogens with two attached hydrogens (primary N) is 1. The first kappa shape index (κ1) is 21.9. The molecule has 0 unspecified atom stereocenters. The zero-order valence-electron chi connectivity index (χ0n) is 15.5. The van der Waals surface area contributed by atoms with E-state index in [-0.39, 0.29) is 13.4 Å². The summed E-state index contributed by atoms with van der Waals surface area (Å²) in [5, 5.41) is 6.08. The van der Waals surface area contributed by atoms with E-state index in [1.165, 1.54) is 6.07 Å². The van der Waals surface area contributed by atoms with Crippen molar-refractivity contribution in [2.75, 3.05) is 41.4 Å². The molecule has 0 atom stereocenters. The second-order valence-electron chi connectivity index (χ2n) is 6.03. The summed E-state index contributed by atoms with van der Waals surface area (Å²) >= 11 is 7.18. The molecule has 0 spiro atoms. The number of anilines is 2. The molecule has 0 amide bonds. The number of nitrogens with zero attached hydrogens (tertiary/aromatic N) is 2. The van der Waals surface area contributed by atoms with Crippen LogP contribution in [0.4, 0.5) is 15.8 Å². The summed E-state index contributed by atoms with van der Waals surface area (Å²) in [7, 11) is 0. The molecular weight excluding hydrogens is 395 g/mol. The topological polar surface area (TPSA) is 101 Å². The third-order valence-electron chi connectivity index (χ3n) is 4.07. The molecule has 28 heavy (non-hydrogen) atoms. The summed E-state index contributed by atoms with van der Waals surface area (Å²) in [6, 6.07) is 10.7. The lowest BCUT2D eigenvalue weighted by Crippen LogP contribution is -2.33. The first-order valence-corrected chi connectivity index (χ1v) is 10.2. The summed E-state index contributed by atoms with van der Waals surface area (Å²) < 4.78 is 14.4. The van der Waals surface area contributed by atoms with Crippen molar-refractivity contribution < 1.29 is 5.82 Å². The number of thioether (sulfide) groups is 1. The maximum atomic E-state index is 14.4. The van der Waals surface area contributed by atoms with E-state index in [4.69, 9.17) is 18.0 Å². The van der Waals surface area contributed by atoms with Crippen molar-refractivity contribution in [2.24, 2.45) is 5.73 Å². The van der Waals surface area contributed by atoms with Crippen molar-refractivity contribution in [3.63, 3.8) is 0 Å². The van der Waals surface area contributed by atoms with Crippen LogP contribution in [0.25, 0.3) is 0 Å². The lowest BCUT2D eigenvalue weighted by atomic mass is 10.2. The molecule has 1 aromatic carbocycles. The Hall–Kier alpha value is -2.36. The molecule has 9 heteroatoms. The summed E-state index contributed by atoms with van der Waals surface area (Å²) in [5.74, 6) is 1.84. The van der Waals surface area contributed by atoms with Crippen LogP contribution in [-0.4, -0.2) is 41.1 Å². The van der Waals surface area contributed by atoms with Gasteiger partial charge in [-0.3, -0.25) is 4.98 Å². The number of thiocarbonyl (C=S) groups is 1. The van der Waals surface area contributed by atoms with Crippen LogP contribution in [0.5, 0.6) is 0 Å². The Morgan fingerprint density at radius 3 is 2.79 bits per heavy atom. The molecule has 2 heterocycles. The zero-order chi connectivity index (χ0) is 19.1. The van der Waals surface area contributed by atoms with E-state index in [9.17, 15) is 4.39 Å². The van der Waals surface area contributed by atoms with Gasteiger partial charge >= 0.3 is 0 Å². The lowest BCUT2D eigenvalue weighted by molar-refractivity contribution is 0.620. The minimum absolute atomic E-state index is 0. The summed E-state index contributed by atoms with van der Waals surface area (Å²) in [4.78, 5) is 6.80. The van der Waals surface area contributed by atoms with Crippen LogP contribution in [0.3, 0.4) is 0 Å². The van der Waals surface area contributed by atoms with E-state index in [0.29, 0.717) is 34.3 Å². The van der Waals surface area contributed by atoms with Crippen LogP contribution in [0.15, 0.2) is 54.5 Å². The highest BCUT2D eigenvalue weighted by Gasteiger charge is 2.15. The fourth-order valence-electron chi connectivity index (χ4n) is 2.65. The van der Waals surface area contributed by atoms with Crippen LogP contribution >= 0.6 is 24.0 Å². The molecule has 1 aliphatic rings. The molecule has 0 bridgehead atoms. The number of pyridine rings is 1. The van der Waals surface area contributed by atoms with E-state index < -0.39 is 0 Å². The van der Waals surface area contributed by atoms with Crippen molar-refractivity contribution in [1.29, 1.82) is 0 Å². The molecule has 1 aromatic heterocycles. The second-order valence-corrected chi connectivity index (χ2v) is 7.66. The Kier molecular flexibility index (Phi) is 8.49. The van der Waals surface area contributed by atoms with Gasteiger partial charge in [0.05, 0.1) is 17.9 Å². The highest BCUT2D eigenvalue weighted by Crippen LogP contribution is 2.25. The number of rotatable bonds is 6. The quantitative estimate of drug-likeness (QED) is 0.526. The third-order valence-corrected chi connectivity index (χ3v) is 5.37. The summed E-state index contributed by atoms with van der Waals surface area (Å²) in [5.41, 5.74) is 8.53. The summed E-state index contributed by atoms with van der Waals surface area (Å²) in [6.45, 7) is 2.13. The monoisotopic (exact) mass is 422 g/mol. The third kappa shape index (κ3) is 6.08. The first-order chi connectivity index (χ1) is 13.1. The van der Waals surface area contributed by atoms with E-state index in [1.54, 1.807) is 12.4 Å². The average Bonchev–Trinajstić information content (AvgIpc) is 2.72. The van der Waals surface area contributed by atoms with Crippen LogP contribution in [-0.2, 0) is 0 Å². The highest BCUT2D eigenvalue weighted by molar-refractivity contribution is 7.99. The molecule has 7 N–H and O–H groups in total. The van der Waals surface area contributed by atoms with E-state index in [0.717, 1.165) is 24.6 Å². The van der Waals surface area contributed by atoms with Crippen LogP contribution in [0.2, 0.25) is 0 Å². The first-order valence-electron chi connectivity index (χ1n) is 8.66. The molecular formula is C19H27FN6S2. The Morgan fingerprint density at radius 1 is 1.32 bits per heavy atom. The number of nitrogens with one attached hydrogen (secondary N) is 2. The largest absolute Gasteiger partial charge is 0.399 e. The zero-order valence-corrected chi connectivity index (χ0v) is 17.2.